The van der Waals surface area contributed by atoms with Gasteiger partial charge in [-0.1, -0.05) is 18.2 Å². The van der Waals surface area contributed by atoms with E-state index >= 15 is 0 Å². The highest BCUT2D eigenvalue weighted by molar-refractivity contribution is 7.19. The molecule has 0 unspecified atom stereocenters. The van der Waals surface area contributed by atoms with E-state index in [1.54, 1.807) is 7.11 Å². The molecular formula is C23H26N4O2S. The zero-order valence-corrected chi connectivity index (χ0v) is 18.1. The fourth-order valence-corrected chi connectivity index (χ4v) is 5.76. The van der Waals surface area contributed by atoms with Crippen LogP contribution in [0.25, 0.3) is 10.2 Å². The van der Waals surface area contributed by atoms with Crippen molar-refractivity contribution >= 4 is 33.3 Å². The SMILES string of the molecule is COCc1nc(N2CCN(C(=O)c3ccccc3)CC2)c2c3c(sc2n1)CCCC3. The number of rotatable bonds is 4. The standard InChI is InChI=1S/C23H26N4O2S/c1-29-15-19-24-21(20-17-9-5-6-10-18(17)30-22(20)25-19)26-11-13-27(14-12-26)23(28)16-7-3-2-4-8-16/h2-4,7-8H,5-6,9-15H2,1H3. The fraction of sp³-hybridized carbons (Fsp3) is 0.435. The molecule has 30 heavy (non-hydrogen) atoms. The largest absolute Gasteiger partial charge is 0.377 e. The fourth-order valence-electron chi connectivity index (χ4n) is 4.49. The monoisotopic (exact) mass is 422 g/mol. The highest BCUT2D eigenvalue weighted by atomic mass is 32.1. The van der Waals surface area contributed by atoms with Crippen molar-refractivity contribution < 1.29 is 9.53 Å². The van der Waals surface area contributed by atoms with Crippen molar-refractivity contribution in [2.24, 2.45) is 0 Å². The van der Waals surface area contributed by atoms with Crippen molar-refractivity contribution in [2.45, 2.75) is 32.3 Å². The second-order valence-electron chi connectivity index (χ2n) is 7.93. The maximum Gasteiger partial charge on any atom is 0.253 e. The first kappa shape index (κ1) is 19.5. The number of hydrogen-bond acceptors (Lipinski definition) is 6. The summed E-state index contributed by atoms with van der Waals surface area (Å²) in [5.41, 5.74) is 2.20. The Morgan fingerprint density at radius 3 is 2.60 bits per heavy atom. The number of nitrogens with zero attached hydrogens (tertiary/aromatic N) is 4. The Balaban J connectivity index is 1.43. The van der Waals surface area contributed by atoms with Crippen molar-refractivity contribution in [3.05, 3.63) is 52.2 Å². The molecule has 3 heterocycles. The van der Waals surface area contributed by atoms with E-state index in [9.17, 15) is 4.79 Å². The third kappa shape index (κ3) is 3.56. The van der Waals surface area contributed by atoms with E-state index in [1.807, 2.05) is 46.6 Å². The minimum Gasteiger partial charge on any atom is -0.377 e. The first-order valence-electron chi connectivity index (χ1n) is 10.6. The molecule has 6 nitrogen and oxygen atoms in total. The van der Waals surface area contributed by atoms with E-state index in [0.717, 1.165) is 48.0 Å². The molecule has 0 bridgehead atoms. The van der Waals surface area contributed by atoms with Gasteiger partial charge in [0.25, 0.3) is 5.91 Å². The summed E-state index contributed by atoms with van der Waals surface area (Å²) < 4.78 is 5.33. The molecule has 3 aromatic rings. The third-order valence-corrected chi connectivity index (χ3v) is 7.19. The predicted molar refractivity (Wildman–Crippen MR) is 119 cm³/mol. The highest BCUT2D eigenvalue weighted by Crippen LogP contribution is 2.40. The summed E-state index contributed by atoms with van der Waals surface area (Å²) in [6, 6.07) is 9.54. The van der Waals surface area contributed by atoms with Gasteiger partial charge in [-0.05, 0) is 43.4 Å². The molecule has 2 aliphatic rings. The molecule has 0 spiro atoms. The Bertz CT molecular complexity index is 1060. The van der Waals surface area contributed by atoms with Crippen molar-refractivity contribution in [2.75, 3.05) is 38.2 Å². The van der Waals surface area contributed by atoms with E-state index in [0.29, 0.717) is 19.7 Å². The van der Waals surface area contributed by atoms with E-state index in [1.165, 1.54) is 28.7 Å². The summed E-state index contributed by atoms with van der Waals surface area (Å²) in [6.45, 7) is 3.37. The van der Waals surface area contributed by atoms with Crippen molar-refractivity contribution in [3.8, 4) is 0 Å². The molecule has 5 rings (SSSR count). The topological polar surface area (TPSA) is 58.6 Å². The first-order chi connectivity index (χ1) is 14.7. The number of amides is 1. The molecule has 1 amide bonds. The lowest BCUT2D eigenvalue weighted by atomic mass is 9.97. The maximum absolute atomic E-state index is 12.8. The van der Waals surface area contributed by atoms with Crippen LogP contribution in [0.3, 0.4) is 0 Å². The number of thiophene rings is 1. The molecular weight excluding hydrogens is 396 g/mol. The molecule has 2 aromatic heterocycles. The minimum atomic E-state index is 0.107. The van der Waals surface area contributed by atoms with Crippen LogP contribution in [0.15, 0.2) is 30.3 Å². The number of hydrogen-bond donors (Lipinski definition) is 0. The van der Waals surface area contributed by atoms with Crippen molar-refractivity contribution in [3.63, 3.8) is 0 Å². The smallest absolute Gasteiger partial charge is 0.253 e. The predicted octanol–water partition coefficient (Wildman–Crippen LogP) is 3.68. The molecule has 0 atom stereocenters. The number of piperazine rings is 1. The second-order valence-corrected chi connectivity index (χ2v) is 9.02. The number of aryl methyl sites for hydroxylation is 2. The van der Waals surface area contributed by atoms with E-state index < -0.39 is 0 Å². The van der Waals surface area contributed by atoms with E-state index in [-0.39, 0.29) is 5.91 Å². The quantitative estimate of drug-likeness (QED) is 0.642. The molecule has 1 aliphatic carbocycles. The number of fused-ring (bicyclic) bond motifs is 3. The highest BCUT2D eigenvalue weighted by Gasteiger charge is 2.27. The van der Waals surface area contributed by atoms with Gasteiger partial charge >= 0.3 is 0 Å². The van der Waals surface area contributed by atoms with Crippen LogP contribution < -0.4 is 4.90 Å². The van der Waals surface area contributed by atoms with Gasteiger partial charge in [0, 0.05) is 43.7 Å². The van der Waals surface area contributed by atoms with Gasteiger partial charge in [0.2, 0.25) is 0 Å². The van der Waals surface area contributed by atoms with Gasteiger partial charge in [0.05, 0.1) is 5.39 Å². The third-order valence-electron chi connectivity index (χ3n) is 6.00. The van der Waals surface area contributed by atoms with Gasteiger partial charge < -0.3 is 14.5 Å². The maximum atomic E-state index is 12.8. The summed E-state index contributed by atoms with van der Waals surface area (Å²) in [5.74, 6) is 1.87. The molecule has 1 aliphatic heterocycles. The number of carbonyl (C=O) groups is 1. The Morgan fingerprint density at radius 2 is 1.83 bits per heavy atom. The molecule has 0 radical (unpaired) electrons. The number of benzene rings is 1. The van der Waals surface area contributed by atoms with Gasteiger partial charge in [-0.15, -0.1) is 11.3 Å². The lowest BCUT2D eigenvalue weighted by Crippen LogP contribution is -2.49. The van der Waals surface area contributed by atoms with Crippen LogP contribution in [0.5, 0.6) is 0 Å². The summed E-state index contributed by atoms with van der Waals surface area (Å²) in [5, 5.41) is 1.23. The van der Waals surface area contributed by atoms with E-state index in [2.05, 4.69) is 4.90 Å². The van der Waals surface area contributed by atoms with Crippen LogP contribution in [0, 0.1) is 0 Å². The molecule has 0 N–H and O–H groups in total. The van der Waals surface area contributed by atoms with Gasteiger partial charge in [-0.2, -0.15) is 0 Å². The number of ether oxygens (including phenoxy) is 1. The summed E-state index contributed by atoms with van der Waals surface area (Å²) in [6.07, 6.45) is 4.75. The number of anilines is 1. The van der Waals surface area contributed by atoms with Gasteiger partial charge in [-0.25, -0.2) is 9.97 Å². The minimum absolute atomic E-state index is 0.107. The zero-order chi connectivity index (χ0) is 20.5. The van der Waals surface area contributed by atoms with Crippen LogP contribution in [-0.4, -0.2) is 54.1 Å². The summed E-state index contributed by atoms with van der Waals surface area (Å²) in [7, 11) is 1.68. The molecule has 156 valence electrons. The van der Waals surface area contributed by atoms with Crippen LogP contribution in [-0.2, 0) is 24.2 Å². The Kier molecular flexibility index (Phi) is 5.39. The van der Waals surface area contributed by atoms with Gasteiger partial charge in [0.1, 0.15) is 17.3 Å². The molecule has 1 saturated heterocycles. The molecule has 1 aromatic carbocycles. The summed E-state index contributed by atoms with van der Waals surface area (Å²) >= 11 is 1.82. The number of carbonyl (C=O) groups excluding carboxylic acids is 1. The Labute approximate surface area is 180 Å². The Morgan fingerprint density at radius 1 is 1.07 bits per heavy atom. The zero-order valence-electron chi connectivity index (χ0n) is 17.3. The molecule has 1 fully saturated rings. The first-order valence-corrected chi connectivity index (χ1v) is 11.5. The van der Waals surface area contributed by atoms with Gasteiger partial charge in [-0.3, -0.25) is 4.79 Å². The molecule has 7 heteroatoms. The van der Waals surface area contributed by atoms with Crippen molar-refractivity contribution in [1.29, 1.82) is 0 Å². The Hall–Kier alpha value is -2.51. The normalized spacial score (nSPS) is 16.7. The average Bonchev–Trinajstić information content (AvgIpc) is 3.17. The van der Waals surface area contributed by atoms with E-state index in [4.69, 9.17) is 14.7 Å². The lowest BCUT2D eigenvalue weighted by Gasteiger charge is -2.36. The lowest BCUT2D eigenvalue weighted by molar-refractivity contribution is 0.0746. The van der Waals surface area contributed by atoms with Crippen LogP contribution >= 0.6 is 11.3 Å². The van der Waals surface area contributed by atoms with Crippen LogP contribution in [0.2, 0.25) is 0 Å². The second kappa shape index (κ2) is 8.32. The van der Waals surface area contributed by atoms with Crippen LogP contribution in [0.4, 0.5) is 5.82 Å². The molecule has 0 saturated carbocycles. The number of methoxy groups -OCH3 is 1. The number of aromatic nitrogens is 2. The average molecular weight is 423 g/mol. The van der Waals surface area contributed by atoms with Gasteiger partial charge in [0.15, 0.2) is 5.82 Å². The van der Waals surface area contributed by atoms with Crippen molar-refractivity contribution in [1.82, 2.24) is 14.9 Å². The van der Waals surface area contributed by atoms with Crippen LogP contribution in [0.1, 0.15) is 39.5 Å². The summed E-state index contributed by atoms with van der Waals surface area (Å²) in [4.78, 5) is 29.4.